The van der Waals surface area contributed by atoms with Gasteiger partial charge in [-0.1, -0.05) is 0 Å². The topological polar surface area (TPSA) is 106 Å². The third-order valence-corrected chi connectivity index (χ3v) is 5.69. The van der Waals surface area contributed by atoms with Gasteiger partial charge in [-0.05, 0) is 38.0 Å². The van der Waals surface area contributed by atoms with E-state index >= 15 is 0 Å². The zero-order valence-corrected chi connectivity index (χ0v) is 12.4. The van der Waals surface area contributed by atoms with Crippen molar-refractivity contribution in [2.75, 3.05) is 12.3 Å². The van der Waals surface area contributed by atoms with Crippen LogP contribution < -0.4 is 11.5 Å². The highest BCUT2D eigenvalue weighted by Crippen LogP contribution is 2.29. The summed E-state index contributed by atoms with van der Waals surface area (Å²) in [5.41, 5.74) is 10.8. The summed E-state index contributed by atoms with van der Waals surface area (Å²) in [6.45, 7) is 1.76. The number of sulfonamides is 1. The fourth-order valence-corrected chi connectivity index (χ4v) is 4.28. The molecule has 1 fully saturated rings. The number of benzene rings is 1. The van der Waals surface area contributed by atoms with E-state index in [-0.39, 0.29) is 23.2 Å². The van der Waals surface area contributed by atoms with E-state index < -0.39 is 27.7 Å². The fraction of sp³-hybridized carbons (Fsp3) is 0.462. The van der Waals surface area contributed by atoms with E-state index in [1.54, 1.807) is 6.92 Å². The van der Waals surface area contributed by atoms with Crippen LogP contribution in [-0.2, 0) is 14.8 Å². The largest absolute Gasteiger partial charge is 0.399 e. The molecule has 1 amide bonds. The van der Waals surface area contributed by atoms with Crippen molar-refractivity contribution < 1.29 is 17.6 Å². The molecular formula is C13H18FN3O3S. The van der Waals surface area contributed by atoms with E-state index in [4.69, 9.17) is 11.5 Å². The van der Waals surface area contributed by atoms with E-state index in [0.29, 0.717) is 12.8 Å². The third kappa shape index (κ3) is 3.16. The molecule has 1 heterocycles. The lowest BCUT2D eigenvalue weighted by molar-refractivity contribution is -0.123. The van der Waals surface area contributed by atoms with Gasteiger partial charge in [0.1, 0.15) is 5.82 Å². The van der Waals surface area contributed by atoms with Crippen LogP contribution in [0.5, 0.6) is 0 Å². The third-order valence-electron chi connectivity index (χ3n) is 3.73. The molecule has 0 spiro atoms. The van der Waals surface area contributed by atoms with Gasteiger partial charge in [0.25, 0.3) is 0 Å². The van der Waals surface area contributed by atoms with Crippen molar-refractivity contribution in [3.8, 4) is 0 Å². The Balaban J connectivity index is 2.39. The summed E-state index contributed by atoms with van der Waals surface area (Å²) < 4.78 is 39.8. The highest BCUT2D eigenvalue weighted by molar-refractivity contribution is 7.89. The molecule has 1 aromatic carbocycles. The average molecular weight is 315 g/mol. The number of piperidine rings is 1. The molecule has 0 saturated carbocycles. The normalized spacial score (nSPS) is 23.9. The van der Waals surface area contributed by atoms with Crippen LogP contribution in [0.1, 0.15) is 19.8 Å². The highest BCUT2D eigenvalue weighted by Gasteiger charge is 2.36. The molecule has 1 aliphatic heterocycles. The molecule has 0 bridgehead atoms. The Kier molecular flexibility index (Phi) is 4.20. The number of anilines is 1. The second kappa shape index (κ2) is 5.61. The summed E-state index contributed by atoms with van der Waals surface area (Å²) in [7, 11) is -3.92. The van der Waals surface area contributed by atoms with Gasteiger partial charge in [0, 0.05) is 18.3 Å². The van der Waals surface area contributed by atoms with Crippen molar-refractivity contribution in [1.29, 1.82) is 0 Å². The van der Waals surface area contributed by atoms with Gasteiger partial charge >= 0.3 is 0 Å². The molecule has 0 aromatic heterocycles. The Morgan fingerprint density at radius 1 is 1.33 bits per heavy atom. The maximum atomic E-state index is 13.4. The monoisotopic (exact) mass is 315 g/mol. The summed E-state index contributed by atoms with van der Waals surface area (Å²) >= 11 is 0. The Morgan fingerprint density at radius 2 is 2.00 bits per heavy atom. The molecule has 1 saturated heterocycles. The number of hydrogen-bond acceptors (Lipinski definition) is 4. The summed E-state index contributed by atoms with van der Waals surface area (Å²) in [5.74, 6) is -1.77. The molecule has 21 heavy (non-hydrogen) atoms. The van der Waals surface area contributed by atoms with Crippen molar-refractivity contribution in [3.63, 3.8) is 0 Å². The van der Waals surface area contributed by atoms with Crippen LogP contribution in [0.25, 0.3) is 0 Å². The minimum atomic E-state index is -3.92. The summed E-state index contributed by atoms with van der Waals surface area (Å²) in [5, 5.41) is 0. The van der Waals surface area contributed by atoms with E-state index in [1.165, 1.54) is 10.4 Å². The number of nitrogen functional groups attached to an aromatic ring is 1. The minimum Gasteiger partial charge on any atom is -0.399 e. The maximum absolute atomic E-state index is 13.4. The molecule has 1 aromatic rings. The van der Waals surface area contributed by atoms with Crippen molar-refractivity contribution >= 4 is 21.6 Å². The smallest absolute Gasteiger partial charge is 0.243 e. The molecule has 2 atom stereocenters. The first-order valence-electron chi connectivity index (χ1n) is 6.59. The summed E-state index contributed by atoms with van der Waals surface area (Å²) in [6.07, 6.45) is 1.07. The Labute approximate surface area is 123 Å². The Bertz CT molecular complexity index is 642. The number of nitrogens with two attached hydrogens (primary N) is 2. The molecule has 2 unspecified atom stereocenters. The predicted octanol–water partition coefficient (Wildman–Crippen LogP) is 0.682. The first-order valence-corrected chi connectivity index (χ1v) is 8.03. The zero-order chi connectivity index (χ0) is 15.8. The lowest BCUT2D eigenvalue weighted by atomic mass is 9.95. The van der Waals surface area contributed by atoms with E-state index in [2.05, 4.69) is 0 Å². The van der Waals surface area contributed by atoms with Gasteiger partial charge in [-0.3, -0.25) is 4.79 Å². The Morgan fingerprint density at radius 3 is 2.57 bits per heavy atom. The van der Waals surface area contributed by atoms with Crippen LogP contribution in [0.15, 0.2) is 23.1 Å². The second-order valence-electron chi connectivity index (χ2n) is 5.32. The van der Waals surface area contributed by atoms with Crippen LogP contribution >= 0.6 is 0 Å². The van der Waals surface area contributed by atoms with Crippen molar-refractivity contribution in [2.24, 2.45) is 11.7 Å². The van der Waals surface area contributed by atoms with Gasteiger partial charge in [0.15, 0.2) is 0 Å². The van der Waals surface area contributed by atoms with Crippen LogP contribution in [0, 0.1) is 11.7 Å². The molecule has 6 nitrogen and oxygen atoms in total. The number of nitrogens with zero attached hydrogens (tertiary/aromatic N) is 1. The SMILES string of the molecule is CC1CCC(C(N)=O)CN1S(=O)(=O)c1cc(N)cc(F)c1. The van der Waals surface area contributed by atoms with Gasteiger partial charge in [0.05, 0.1) is 10.8 Å². The number of amides is 1. The van der Waals surface area contributed by atoms with Gasteiger partial charge < -0.3 is 11.5 Å². The summed E-state index contributed by atoms with van der Waals surface area (Å²) in [6, 6.07) is 2.89. The van der Waals surface area contributed by atoms with Gasteiger partial charge in [-0.2, -0.15) is 4.31 Å². The molecule has 4 N–H and O–H groups in total. The van der Waals surface area contributed by atoms with Gasteiger partial charge in [-0.25, -0.2) is 12.8 Å². The molecule has 2 rings (SSSR count). The molecular weight excluding hydrogens is 297 g/mol. The number of carbonyl (C=O) groups is 1. The summed E-state index contributed by atoms with van der Waals surface area (Å²) in [4.78, 5) is 11.1. The quantitative estimate of drug-likeness (QED) is 0.800. The number of primary amides is 1. The zero-order valence-electron chi connectivity index (χ0n) is 11.6. The van der Waals surface area contributed by atoms with Crippen LogP contribution in [-0.4, -0.2) is 31.2 Å². The first kappa shape index (κ1) is 15.7. The van der Waals surface area contributed by atoms with Crippen LogP contribution in [0.2, 0.25) is 0 Å². The molecule has 1 aliphatic rings. The van der Waals surface area contributed by atoms with Crippen molar-refractivity contribution in [3.05, 3.63) is 24.0 Å². The van der Waals surface area contributed by atoms with Crippen molar-refractivity contribution in [2.45, 2.75) is 30.7 Å². The molecule has 0 radical (unpaired) electrons. The molecule has 116 valence electrons. The predicted molar refractivity (Wildman–Crippen MR) is 76.1 cm³/mol. The van der Waals surface area contributed by atoms with Crippen LogP contribution in [0.4, 0.5) is 10.1 Å². The first-order chi connectivity index (χ1) is 9.71. The van der Waals surface area contributed by atoms with Gasteiger partial charge in [-0.15, -0.1) is 0 Å². The second-order valence-corrected chi connectivity index (χ2v) is 7.21. The molecule has 0 aliphatic carbocycles. The van der Waals surface area contributed by atoms with E-state index in [0.717, 1.165) is 12.1 Å². The average Bonchev–Trinajstić information content (AvgIpc) is 2.37. The highest BCUT2D eigenvalue weighted by atomic mass is 32.2. The number of halogens is 1. The standard InChI is InChI=1S/C13H18FN3O3S/c1-8-2-3-9(13(16)18)7-17(8)21(19,20)12-5-10(14)4-11(15)6-12/h4-6,8-9H,2-3,7,15H2,1H3,(H2,16,18). The van der Waals surface area contributed by atoms with Crippen LogP contribution in [0.3, 0.4) is 0 Å². The maximum Gasteiger partial charge on any atom is 0.243 e. The van der Waals surface area contributed by atoms with Gasteiger partial charge in [0.2, 0.25) is 15.9 Å². The lowest BCUT2D eigenvalue weighted by Crippen LogP contribution is -2.48. The number of hydrogen-bond donors (Lipinski definition) is 2. The lowest BCUT2D eigenvalue weighted by Gasteiger charge is -2.35. The number of rotatable bonds is 3. The molecule has 8 heteroatoms. The van der Waals surface area contributed by atoms with E-state index in [1.807, 2.05) is 0 Å². The minimum absolute atomic E-state index is 0.00918. The van der Waals surface area contributed by atoms with Crippen molar-refractivity contribution in [1.82, 2.24) is 4.31 Å². The van der Waals surface area contributed by atoms with E-state index in [9.17, 15) is 17.6 Å². The number of carbonyl (C=O) groups excluding carboxylic acids is 1. The fourth-order valence-electron chi connectivity index (χ4n) is 2.51. The Hall–Kier alpha value is -1.67.